The van der Waals surface area contributed by atoms with Gasteiger partial charge in [0, 0.05) is 0 Å². The van der Waals surface area contributed by atoms with Crippen LogP contribution in [-0.4, -0.2) is 24.7 Å². The average Bonchev–Trinajstić information content (AvgIpc) is 2.13. The van der Waals surface area contributed by atoms with E-state index in [1.165, 1.54) is 6.92 Å². The van der Waals surface area contributed by atoms with E-state index in [1.54, 1.807) is 12.2 Å². The van der Waals surface area contributed by atoms with E-state index >= 15 is 0 Å². The van der Waals surface area contributed by atoms with Crippen LogP contribution in [0.4, 0.5) is 9.59 Å². The van der Waals surface area contributed by atoms with E-state index in [2.05, 4.69) is 15.2 Å². The first-order valence-electron chi connectivity index (χ1n) is 4.08. The highest BCUT2D eigenvalue weighted by Gasteiger charge is 2.07. The number of carbonyl (C=O) groups excluding carboxylic acids is 3. The van der Waals surface area contributed by atoms with Gasteiger partial charge in [0.05, 0.1) is 12.2 Å². The third-order valence-corrected chi connectivity index (χ3v) is 1.17. The Morgan fingerprint density at radius 2 is 2.00 bits per heavy atom. The van der Waals surface area contributed by atoms with Crippen LogP contribution in [0.2, 0.25) is 0 Å². The van der Waals surface area contributed by atoms with Crippen molar-refractivity contribution in [2.75, 3.05) is 6.61 Å². The second-order valence-electron chi connectivity index (χ2n) is 2.42. The summed E-state index contributed by atoms with van der Waals surface area (Å²) in [6.07, 6.45) is -0.192. The lowest BCUT2D eigenvalue weighted by Gasteiger charge is -2.02. The molecular formula is C8H12N2O5. The molecule has 0 atom stereocenters. The van der Waals surface area contributed by atoms with E-state index in [4.69, 9.17) is 0 Å². The van der Waals surface area contributed by atoms with Crippen LogP contribution in [0.25, 0.3) is 0 Å². The number of carbonyl (C=O) groups is 3. The monoisotopic (exact) mass is 216 g/mol. The average molecular weight is 216 g/mol. The molecule has 0 unspecified atom stereocenters. The zero-order chi connectivity index (χ0) is 11.8. The molecule has 0 aromatic carbocycles. The summed E-state index contributed by atoms with van der Waals surface area (Å²) in [6.45, 7) is 3.26. The Hall–Kier alpha value is -2.05. The van der Waals surface area contributed by atoms with Gasteiger partial charge in [-0.3, -0.25) is 0 Å². The van der Waals surface area contributed by atoms with Gasteiger partial charge in [-0.25, -0.2) is 19.7 Å². The van der Waals surface area contributed by atoms with Crippen molar-refractivity contribution >= 4 is 18.1 Å². The third-order valence-electron chi connectivity index (χ3n) is 1.17. The predicted molar refractivity (Wildman–Crippen MR) is 49.6 cm³/mol. The van der Waals surface area contributed by atoms with Crippen LogP contribution < -0.4 is 11.1 Å². The molecule has 0 saturated heterocycles. The number of imide groups is 1. The van der Waals surface area contributed by atoms with Crippen LogP contribution in [0.1, 0.15) is 13.8 Å². The summed E-state index contributed by atoms with van der Waals surface area (Å²) in [4.78, 5) is 31.9. The summed E-state index contributed by atoms with van der Waals surface area (Å²) in [5.74, 6) is -0.607. The first-order chi connectivity index (χ1) is 6.97. The van der Waals surface area contributed by atoms with Crippen LogP contribution in [-0.2, 0) is 14.3 Å². The van der Waals surface area contributed by atoms with Crippen molar-refractivity contribution in [3.63, 3.8) is 0 Å². The number of ether oxygens (including phenoxy) is 2. The fourth-order valence-corrected chi connectivity index (χ4v) is 0.565. The molecule has 0 heterocycles. The Balaban J connectivity index is 4.10. The molecule has 3 N–H and O–H groups in total. The lowest BCUT2D eigenvalue weighted by atomic mass is 10.3. The number of primary amides is 1. The van der Waals surface area contributed by atoms with E-state index in [1.807, 2.05) is 0 Å². The molecular weight excluding hydrogens is 204 g/mol. The molecule has 0 aliphatic heterocycles. The molecule has 0 saturated carbocycles. The molecule has 7 heteroatoms. The zero-order valence-corrected chi connectivity index (χ0v) is 8.40. The van der Waals surface area contributed by atoms with Gasteiger partial charge in [-0.05, 0) is 13.8 Å². The van der Waals surface area contributed by atoms with Gasteiger partial charge >= 0.3 is 18.1 Å². The summed E-state index contributed by atoms with van der Waals surface area (Å²) in [7, 11) is 0. The molecule has 0 aromatic rings. The summed E-state index contributed by atoms with van der Waals surface area (Å²) < 4.78 is 8.97. The normalized spacial score (nSPS) is 10.4. The Morgan fingerprint density at radius 3 is 2.47 bits per heavy atom. The number of urea groups is 1. The first-order valence-corrected chi connectivity index (χ1v) is 4.08. The van der Waals surface area contributed by atoms with Gasteiger partial charge in [0.25, 0.3) is 0 Å². The van der Waals surface area contributed by atoms with Gasteiger partial charge in [-0.2, -0.15) is 0 Å². The van der Waals surface area contributed by atoms with Crippen LogP contribution >= 0.6 is 0 Å². The number of rotatable bonds is 3. The minimum absolute atomic E-state index is 0.0940. The van der Waals surface area contributed by atoms with E-state index < -0.39 is 18.1 Å². The maximum absolute atomic E-state index is 11.0. The molecule has 3 amide bonds. The highest BCUT2D eigenvalue weighted by molar-refractivity contribution is 5.91. The van der Waals surface area contributed by atoms with Crippen LogP contribution in [0, 0.1) is 0 Å². The number of esters is 1. The lowest BCUT2D eigenvalue weighted by Crippen LogP contribution is -2.34. The molecule has 0 radical (unpaired) electrons. The fourth-order valence-electron chi connectivity index (χ4n) is 0.565. The molecule has 84 valence electrons. The summed E-state index contributed by atoms with van der Waals surface area (Å²) >= 11 is 0. The predicted octanol–water partition coefficient (Wildman–Crippen LogP) is 0.258. The molecule has 7 nitrogen and oxygen atoms in total. The molecule has 15 heavy (non-hydrogen) atoms. The first kappa shape index (κ1) is 12.9. The van der Waals surface area contributed by atoms with E-state index in [0.29, 0.717) is 0 Å². The highest BCUT2D eigenvalue weighted by Crippen LogP contribution is 1.97. The van der Waals surface area contributed by atoms with Gasteiger partial charge in [0.15, 0.2) is 0 Å². The standard InChI is InChI=1S/C8H12N2O5/c1-3-14-6(11)5(2)4-15-8(13)10-7(9)12/h4H,3H2,1-2H3,(H3,9,10,12,13). The van der Waals surface area contributed by atoms with E-state index in [9.17, 15) is 14.4 Å². The molecule has 0 bridgehead atoms. The zero-order valence-electron chi connectivity index (χ0n) is 8.40. The Morgan fingerprint density at radius 1 is 1.40 bits per heavy atom. The summed E-state index contributed by atoms with van der Waals surface area (Å²) in [5, 5.41) is 1.65. The van der Waals surface area contributed by atoms with Crippen molar-refractivity contribution in [3.8, 4) is 0 Å². The van der Waals surface area contributed by atoms with Crippen molar-refractivity contribution in [2.24, 2.45) is 5.73 Å². The van der Waals surface area contributed by atoms with Gasteiger partial charge in [0.2, 0.25) is 0 Å². The number of hydrogen-bond acceptors (Lipinski definition) is 5. The van der Waals surface area contributed by atoms with Crippen LogP contribution in [0.15, 0.2) is 11.8 Å². The maximum atomic E-state index is 11.0. The maximum Gasteiger partial charge on any atom is 0.420 e. The molecule has 0 aromatic heterocycles. The largest absolute Gasteiger partial charge is 0.463 e. The quantitative estimate of drug-likeness (QED) is 0.399. The van der Waals surface area contributed by atoms with Crippen molar-refractivity contribution in [2.45, 2.75) is 13.8 Å². The Bertz CT molecular complexity index is 297. The van der Waals surface area contributed by atoms with Crippen molar-refractivity contribution in [1.29, 1.82) is 0 Å². The van der Waals surface area contributed by atoms with Gasteiger partial charge in [-0.15, -0.1) is 0 Å². The Labute approximate surface area is 86.2 Å². The molecule has 0 aliphatic carbocycles. The van der Waals surface area contributed by atoms with Gasteiger partial charge in [-0.1, -0.05) is 0 Å². The second-order valence-corrected chi connectivity index (χ2v) is 2.42. The second kappa shape index (κ2) is 6.41. The number of nitrogens with two attached hydrogens (primary N) is 1. The number of amides is 3. The summed E-state index contributed by atoms with van der Waals surface area (Å²) in [5.41, 5.74) is 4.74. The van der Waals surface area contributed by atoms with Gasteiger partial charge in [0.1, 0.15) is 6.26 Å². The molecule has 0 fully saturated rings. The Kier molecular flexibility index (Phi) is 5.53. The topological polar surface area (TPSA) is 108 Å². The fraction of sp³-hybridized carbons (Fsp3) is 0.375. The number of alkyl carbamates (subject to hydrolysis) is 1. The minimum Gasteiger partial charge on any atom is -0.463 e. The van der Waals surface area contributed by atoms with Gasteiger partial charge < -0.3 is 15.2 Å². The number of nitrogens with one attached hydrogen (secondary N) is 1. The number of hydrogen-bond donors (Lipinski definition) is 2. The van der Waals surface area contributed by atoms with Crippen LogP contribution in [0.3, 0.4) is 0 Å². The summed E-state index contributed by atoms with van der Waals surface area (Å²) in [6, 6.07) is -1.04. The minimum atomic E-state index is -1.06. The van der Waals surface area contributed by atoms with Crippen molar-refractivity contribution < 1.29 is 23.9 Å². The molecule has 0 rings (SSSR count). The van der Waals surface area contributed by atoms with Crippen molar-refractivity contribution in [3.05, 3.63) is 11.8 Å². The van der Waals surface area contributed by atoms with Crippen LogP contribution in [0.5, 0.6) is 0 Å². The third kappa shape index (κ3) is 6.08. The van der Waals surface area contributed by atoms with Crippen molar-refractivity contribution in [1.82, 2.24) is 5.32 Å². The lowest BCUT2D eigenvalue weighted by molar-refractivity contribution is -0.138. The molecule has 0 aliphatic rings. The molecule has 0 spiro atoms. The van der Waals surface area contributed by atoms with E-state index in [-0.39, 0.29) is 12.2 Å². The SMILES string of the molecule is CCOC(=O)C(C)=COC(=O)NC(N)=O. The van der Waals surface area contributed by atoms with E-state index in [0.717, 1.165) is 6.26 Å². The highest BCUT2D eigenvalue weighted by atomic mass is 16.6. The smallest absolute Gasteiger partial charge is 0.420 e.